The molecule has 4 rings (SSSR count). The fourth-order valence-electron chi connectivity index (χ4n) is 2.70. The second-order valence-corrected chi connectivity index (χ2v) is 7.89. The standard InChI is InChI=1S/C15H16FN5OS2/c16-12-4-2-1-3-11(12)14-20(7-8-23-14)13(22)9-24-15-17-18-19-21(15)10-5-6-10/h1-4,10,14H,5-9H2/t14-/m0/s1. The summed E-state index contributed by atoms with van der Waals surface area (Å²) in [5.41, 5.74) is 0.571. The molecule has 0 unspecified atom stereocenters. The summed E-state index contributed by atoms with van der Waals surface area (Å²) in [7, 11) is 0. The Morgan fingerprint density at radius 1 is 1.38 bits per heavy atom. The van der Waals surface area contributed by atoms with Gasteiger partial charge in [0, 0.05) is 17.9 Å². The van der Waals surface area contributed by atoms with E-state index in [0.29, 0.717) is 23.3 Å². The van der Waals surface area contributed by atoms with Crippen LogP contribution in [0.2, 0.25) is 0 Å². The summed E-state index contributed by atoms with van der Waals surface area (Å²) < 4.78 is 15.8. The summed E-state index contributed by atoms with van der Waals surface area (Å²) in [6, 6.07) is 7.04. The van der Waals surface area contributed by atoms with Gasteiger partial charge >= 0.3 is 0 Å². The van der Waals surface area contributed by atoms with Crippen LogP contribution in [0, 0.1) is 5.82 Å². The Balaban J connectivity index is 1.43. The van der Waals surface area contributed by atoms with Gasteiger partial charge in [0.15, 0.2) is 0 Å². The molecule has 1 atom stereocenters. The number of thioether (sulfide) groups is 2. The predicted octanol–water partition coefficient (Wildman–Crippen LogP) is 2.51. The van der Waals surface area contributed by atoms with E-state index in [-0.39, 0.29) is 22.9 Å². The molecule has 2 fully saturated rings. The topological polar surface area (TPSA) is 63.9 Å². The van der Waals surface area contributed by atoms with E-state index in [4.69, 9.17) is 0 Å². The normalized spacial score (nSPS) is 20.5. The van der Waals surface area contributed by atoms with E-state index in [1.54, 1.807) is 39.5 Å². The Bertz CT molecular complexity index is 751. The zero-order valence-corrected chi connectivity index (χ0v) is 14.5. The van der Waals surface area contributed by atoms with E-state index < -0.39 is 0 Å². The maximum Gasteiger partial charge on any atom is 0.234 e. The van der Waals surface area contributed by atoms with Gasteiger partial charge in [-0.2, -0.15) is 0 Å². The molecular formula is C15H16FN5OS2. The fraction of sp³-hybridized carbons (Fsp3) is 0.467. The Morgan fingerprint density at radius 2 is 2.21 bits per heavy atom. The number of halogens is 1. The van der Waals surface area contributed by atoms with E-state index in [1.165, 1.54) is 17.8 Å². The first-order valence-corrected chi connectivity index (χ1v) is 9.83. The monoisotopic (exact) mass is 365 g/mol. The van der Waals surface area contributed by atoms with Crippen molar-refractivity contribution in [3.05, 3.63) is 35.6 Å². The third kappa shape index (κ3) is 3.14. The second-order valence-electron chi connectivity index (χ2n) is 5.76. The molecule has 2 aliphatic rings. The fourth-order valence-corrected chi connectivity index (χ4v) is 4.83. The number of benzene rings is 1. The molecule has 2 heterocycles. The number of hydrogen-bond donors (Lipinski definition) is 0. The molecule has 1 aliphatic heterocycles. The second kappa shape index (κ2) is 6.72. The molecule has 1 amide bonds. The highest BCUT2D eigenvalue weighted by Gasteiger charge is 2.33. The molecule has 1 saturated heterocycles. The van der Waals surface area contributed by atoms with Crippen molar-refractivity contribution in [1.29, 1.82) is 0 Å². The lowest BCUT2D eigenvalue weighted by molar-refractivity contribution is -0.128. The summed E-state index contributed by atoms with van der Waals surface area (Å²) in [5, 5.41) is 12.1. The quantitative estimate of drug-likeness (QED) is 0.759. The van der Waals surface area contributed by atoms with Crippen LogP contribution in [0.25, 0.3) is 0 Å². The number of aromatic nitrogens is 4. The molecule has 2 aromatic rings. The van der Waals surface area contributed by atoms with E-state index in [1.807, 2.05) is 0 Å². The number of carbonyl (C=O) groups is 1. The van der Waals surface area contributed by atoms with Gasteiger partial charge in [-0.15, -0.1) is 16.9 Å². The van der Waals surface area contributed by atoms with E-state index in [9.17, 15) is 9.18 Å². The van der Waals surface area contributed by atoms with E-state index in [0.717, 1.165) is 18.6 Å². The minimum atomic E-state index is -0.264. The van der Waals surface area contributed by atoms with Crippen LogP contribution >= 0.6 is 23.5 Å². The maximum absolute atomic E-state index is 14.0. The summed E-state index contributed by atoms with van der Waals surface area (Å²) in [6.07, 6.45) is 2.18. The first kappa shape index (κ1) is 15.9. The van der Waals surface area contributed by atoms with Crippen molar-refractivity contribution in [3.8, 4) is 0 Å². The Morgan fingerprint density at radius 3 is 3.00 bits per heavy atom. The van der Waals surface area contributed by atoms with Gasteiger partial charge < -0.3 is 4.90 Å². The van der Waals surface area contributed by atoms with Gasteiger partial charge in [-0.1, -0.05) is 30.0 Å². The van der Waals surface area contributed by atoms with Crippen LogP contribution in [0.1, 0.15) is 29.8 Å². The zero-order valence-electron chi connectivity index (χ0n) is 12.8. The van der Waals surface area contributed by atoms with Crippen molar-refractivity contribution in [1.82, 2.24) is 25.1 Å². The van der Waals surface area contributed by atoms with Crippen molar-refractivity contribution < 1.29 is 9.18 Å². The van der Waals surface area contributed by atoms with Gasteiger partial charge in [0.1, 0.15) is 11.2 Å². The molecule has 1 aromatic heterocycles. The van der Waals surface area contributed by atoms with Crippen LogP contribution in [0.15, 0.2) is 29.4 Å². The summed E-state index contributed by atoms with van der Waals surface area (Å²) in [4.78, 5) is 14.4. The van der Waals surface area contributed by atoms with Crippen molar-refractivity contribution in [2.45, 2.75) is 29.4 Å². The zero-order chi connectivity index (χ0) is 16.5. The molecule has 1 aliphatic carbocycles. The number of hydrogen-bond acceptors (Lipinski definition) is 6. The third-order valence-corrected chi connectivity index (χ3v) is 6.22. The molecule has 0 radical (unpaired) electrons. The van der Waals surface area contributed by atoms with Gasteiger partial charge in [0.05, 0.1) is 11.8 Å². The smallest absolute Gasteiger partial charge is 0.234 e. The lowest BCUT2D eigenvalue weighted by Crippen LogP contribution is -2.32. The van der Waals surface area contributed by atoms with E-state index >= 15 is 0 Å². The molecule has 1 saturated carbocycles. The molecule has 0 N–H and O–H groups in total. The lowest BCUT2D eigenvalue weighted by Gasteiger charge is -2.24. The predicted molar refractivity (Wildman–Crippen MR) is 90.1 cm³/mol. The van der Waals surface area contributed by atoms with Crippen molar-refractivity contribution in [3.63, 3.8) is 0 Å². The molecule has 0 bridgehead atoms. The van der Waals surface area contributed by atoms with Crippen LogP contribution in [0.3, 0.4) is 0 Å². The number of tetrazole rings is 1. The van der Waals surface area contributed by atoms with Crippen LogP contribution in [-0.2, 0) is 4.79 Å². The summed E-state index contributed by atoms with van der Waals surface area (Å²) >= 11 is 2.95. The lowest BCUT2D eigenvalue weighted by atomic mass is 10.2. The average Bonchev–Trinajstić information content (AvgIpc) is 3.13. The van der Waals surface area contributed by atoms with Crippen LogP contribution < -0.4 is 0 Å². The van der Waals surface area contributed by atoms with E-state index in [2.05, 4.69) is 15.5 Å². The molecule has 6 nitrogen and oxygen atoms in total. The Kier molecular flexibility index (Phi) is 4.45. The molecule has 126 valence electrons. The van der Waals surface area contributed by atoms with Crippen LogP contribution in [0.5, 0.6) is 0 Å². The summed E-state index contributed by atoms with van der Waals surface area (Å²) in [5.74, 6) is 0.803. The summed E-state index contributed by atoms with van der Waals surface area (Å²) in [6.45, 7) is 0.636. The minimum Gasteiger partial charge on any atom is -0.325 e. The minimum absolute atomic E-state index is 0.0106. The maximum atomic E-state index is 14.0. The van der Waals surface area contributed by atoms with Gasteiger partial charge in [-0.3, -0.25) is 4.79 Å². The van der Waals surface area contributed by atoms with Crippen molar-refractivity contribution in [2.24, 2.45) is 0 Å². The first-order valence-electron chi connectivity index (χ1n) is 7.80. The molecule has 1 aromatic carbocycles. The number of amides is 1. The van der Waals surface area contributed by atoms with Crippen LogP contribution in [0.4, 0.5) is 4.39 Å². The molecular weight excluding hydrogens is 349 g/mol. The van der Waals surface area contributed by atoms with Gasteiger partial charge in [0.2, 0.25) is 11.1 Å². The molecule has 9 heteroatoms. The largest absolute Gasteiger partial charge is 0.325 e. The third-order valence-electron chi connectivity index (χ3n) is 4.06. The van der Waals surface area contributed by atoms with Crippen molar-refractivity contribution >= 4 is 29.4 Å². The Labute approximate surface area is 147 Å². The SMILES string of the molecule is O=C(CSc1nnnn1C1CC1)N1CCS[C@H]1c1ccccc1F. The molecule has 0 spiro atoms. The van der Waals surface area contributed by atoms with Gasteiger partial charge in [0.25, 0.3) is 0 Å². The highest BCUT2D eigenvalue weighted by Crippen LogP contribution is 2.40. The highest BCUT2D eigenvalue weighted by molar-refractivity contribution is 8.00. The average molecular weight is 365 g/mol. The van der Waals surface area contributed by atoms with Crippen molar-refractivity contribution in [2.75, 3.05) is 18.1 Å². The Hall–Kier alpha value is -1.61. The number of nitrogens with zero attached hydrogens (tertiary/aromatic N) is 5. The first-order chi connectivity index (χ1) is 11.7. The molecule has 24 heavy (non-hydrogen) atoms. The number of carbonyl (C=O) groups excluding carboxylic acids is 1. The van der Waals surface area contributed by atoms with Gasteiger partial charge in [-0.25, -0.2) is 9.07 Å². The number of rotatable bonds is 5. The van der Waals surface area contributed by atoms with Crippen LogP contribution in [-0.4, -0.2) is 49.1 Å². The highest BCUT2D eigenvalue weighted by atomic mass is 32.2. The van der Waals surface area contributed by atoms with Gasteiger partial charge in [-0.05, 0) is 29.3 Å².